The van der Waals surface area contributed by atoms with E-state index >= 15 is 0 Å². The molecule has 0 aliphatic heterocycles. The molecule has 19 heavy (non-hydrogen) atoms. The summed E-state index contributed by atoms with van der Waals surface area (Å²) in [6, 6.07) is -0.942. The van der Waals surface area contributed by atoms with Gasteiger partial charge in [-0.2, -0.15) is 0 Å². The highest BCUT2D eigenvalue weighted by Gasteiger charge is 2.28. The van der Waals surface area contributed by atoms with E-state index in [4.69, 9.17) is 10.5 Å². The van der Waals surface area contributed by atoms with Crippen LogP contribution in [0.2, 0.25) is 0 Å². The number of urea groups is 1. The van der Waals surface area contributed by atoms with E-state index < -0.39 is 18.0 Å². The molecule has 0 heterocycles. The van der Waals surface area contributed by atoms with Gasteiger partial charge in [0.25, 0.3) is 5.91 Å². The maximum Gasteiger partial charge on any atom is 0.318 e. The molecule has 108 valence electrons. The lowest BCUT2D eigenvalue weighted by Gasteiger charge is -2.20. The number of nitrogens with two attached hydrogens (primary N) is 1. The predicted octanol–water partition coefficient (Wildman–Crippen LogP) is 1.33. The van der Waals surface area contributed by atoms with E-state index in [1.807, 2.05) is 5.32 Å². The van der Waals surface area contributed by atoms with Crippen LogP contribution in [0.3, 0.4) is 0 Å². The summed E-state index contributed by atoms with van der Waals surface area (Å²) < 4.78 is 5.18. The average Bonchev–Trinajstić information content (AvgIpc) is 2.77. The number of ether oxygens (including phenoxy) is 1. The Labute approximate surface area is 113 Å². The number of nitrogens with one attached hydrogen (secondary N) is 1. The molecule has 0 aromatic rings. The van der Waals surface area contributed by atoms with Crippen LogP contribution in [0.25, 0.3) is 0 Å². The van der Waals surface area contributed by atoms with Gasteiger partial charge in [0.2, 0.25) is 0 Å². The van der Waals surface area contributed by atoms with Crippen molar-refractivity contribution in [2.45, 2.75) is 52.1 Å². The molecule has 0 saturated heterocycles. The molecule has 0 radical (unpaired) electrons. The fourth-order valence-corrected chi connectivity index (χ4v) is 2.32. The fraction of sp³-hybridized carbons (Fsp3) is 0.769. The lowest BCUT2D eigenvalue weighted by atomic mass is 10.0. The molecule has 6 heteroatoms. The third kappa shape index (κ3) is 5.28. The molecule has 0 bridgehead atoms. The van der Waals surface area contributed by atoms with E-state index in [0.29, 0.717) is 12.3 Å². The number of carbonyl (C=O) groups excluding carboxylic acids is 3. The third-order valence-corrected chi connectivity index (χ3v) is 3.30. The Morgan fingerprint density at radius 2 is 1.84 bits per heavy atom. The lowest BCUT2D eigenvalue weighted by Crippen LogP contribution is -2.45. The largest absolute Gasteiger partial charge is 0.452 e. The normalized spacial score (nSPS) is 17.2. The molecule has 1 saturated carbocycles. The Morgan fingerprint density at radius 3 is 2.32 bits per heavy atom. The highest BCUT2D eigenvalue weighted by molar-refractivity contribution is 5.96. The highest BCUT2D eigenvalue weighted by atomic mass is 16.5. The van der Waals surface area contributed by atoms with Crippen molar-refractivity contribution >= 4 is 17.9 Å². The van der Waals surface area contributed by atoms with Gasteiger partial charge in [-0.05, 0) is 24.7 Å². The zero-order valence-electron chi connectivity index (χ0n) is 11.5. The minimum absolute atomic E-state index is 0.216. The number of esters is 1. The Bertz CT molecular complexity index is 349. The van der Waals surface area contributed by atoms with Crippen LogP contribution in [0, 0.1) is 11.8 Å². The minimum atomic E-state index is -0.971. The van der Waals surface area contributed by atoms with Crippen LogP contribution < -0.4 is 11.1 Å². The molecule has 0 aromatic carbocycles. The molecule has 3 amide bonds. The second-order valence-electron chi connectivity index (χ2n) is 5.36. The van der Waals surface area contributed by atoms with E-state index in [9.17, 15) is 14.4 Å². The van der Waals surface area contributed by atoms with E-state index in [2.05, 4.69) is 0 Å². The number of primary amides is 1. The zero-order valence-corrected chi connectivity index (χ0v) is 11.5. The van der Waals surface area contributed by atoms with Crippen LogP contribution in [0.15, 0.2) is 0 Å². The zero-order chi connectivity index (χ0) is 14.4. The van der Waals surface area contributed by atoms with Gasteiger partial charge in [-0.25, -0.2) is 4.79 Å². The summed E-state index contributed by atoms with van der Waals surface area (Å²) in [5.41, 5.74) is 4.88. The van der Waals surface area contributed by atoms with Gasteiger partial charge in [-0.3, -0.25) is 14.9 Å². The van der Waals surface area contributed by atoms with Gasteiger partial charge in [-0.15, -0.1) is 0 Å². The Balaban J connectivity index is 2.49. The molecule has 1 aliphatic carbocycles. The van der Waals surface area contributed by atoms with Crippen LogP contribution in [0.4, 0.5) is 4.79 Å². The first-order valence-electron chi connectivity index (χ1n) is 6.70. The fourth-order valence-electron chi connectivity index (χ4n) is 2.32. The predicted molar refractivity (Wildman–Crippen MR) is 69.0 cm³/mol. The van der Waals surface area contributed by atoms with Crippen LogP contribution in [-0.4, -0.2) is 24.0 Å². The SMILES string of the molecule is CC(C)C(OC(=O)CC1CCCC1)C(=O)NC(N)=O. The minimum Gasteiger partial charge on any atom is -0.452 e. The highest BCUT2D eigenvalue weighted by Crippen LogP contribution is 2.28. The summed E-state index contributed by atoms with van der Waals surface area (Å²) in [4.78, 5) is 34.1. The van der Waals surface area contributed by atoms with Crippen LogP contribution >= 0.6 is 0 Å². The van der Waals surface area contributed by atoms with Gasteiger partial charge < -0.3 is 10.5 Å². The quantitative estimate of drug-likeness (QED) is 0.736. The van der Waals surface area contributed by atoms with E-state index in [1.165, 1.54) is 0 Å². The molecule has 1 atom stereocenters. The summed E-state index contributed by atoms with van der Waals surface area (Å²) >= 11 is 0. The van der Waals surface area contributed by atoms with Crippen molar-refractivity contribution in [3.8, 4) is 0 Å². The molecular formula is C13H22N2O4. The molecule has 0 aromatic heterocycles. The molecule has 0 spiro atoms. The van der Waals surface area contributed by atoms with Crippen LogP contribution in [0.1, 0.15) is 46.0 Å². The number of imide groups is 1. The summed E-state index contributed by atoms with van der Waals surface area (Å²) in [7, 11) is 0. The van der Waals surface area contributed by atoms with Crippen molar-refractivity contribution < 1.29 is 19.1 Å². The molecule has 6 nitrogen and oxygen atoms in total. The number of hydrogen-bond donors (Lipinski definition) is 2. The first kappa shape index (κ1) is 15.5. The van der Waals surface area contributed by atoms with Gasteiger partial charge in [0.05, 0.1) is 0 Å². The van der Waals surface area contributed by atoms with Gasteiger partial charge in [-0.1, -0.05) is 26.7 Å². The van der Waals surface area contributed by atoms with E-state index in [-0.39, 0.29) is 11.9 Å². The van der Waals surface area contributed by atoms with E-state index in [1.54, 1.807) is 13.8 Å². The smallest absolute Gasteiger partial charge is 0.318 e. The maximum atomic E-state index is 11.8. The number of amides is 3. The molecular weight excluding hydrogens is 248 g/mol. The Kier molecular flexibility index (Phi) is 5.79. The van der Waals surface area contributed by atoms with E-state index in [0.717, 1.165) is 25.7 Å². The topological polar surface area (TPSA) is 98.5 Å². The molecule has 1 fully saturated rings. The van der Waals surface area contributed by atoms with Gasteiger partial charge in [0.1, 0.15) is 0 Å². The molecule has 1 unspecified atom stereocenters. The summed E-state index contributed by atoms with van der Waals surface area (Å²) in [6.45, 7) is 3.49. The van der Waals surface area contributed by atoms with Crippen molar-refractivity contribution in [2.24, 2.45) is 17.6 Å². The van der Waals surface area contributed by atoms with Gasteiger partial charge in [0, 0.05) is 6.42 Å². The monoisotopic (exact) mass is 270 g/mol. The maximum absolute atomic E-state index is 11.8. The van der Waals surface area contributed by atoms with Crippen LogP contribution in [-0.2, 0) is 14.3 Å². The molecule has 1 aliphatic rings. The van der Waals surface area contributed by atoms with Crippen molar-refractivity contribution in [1.82, 2.24) is 5.32 Å². The molecule has 1 rings (SSSR count). The summed E-state index contributed by atoms with van der Waals surface area (Å²) in [5, 5.41) is 1.95. The summed E-state index contributed by atoms with van der Waals surface area (Å²) in [6.07, 6.45) is 3.74. The van der Waals surface area contributed by atoms with Crippen molar-refractivity contribution in [1.29, 1.82) is 0 Å². The van der Waals surface area contributed by atoms with Crippen molar-refractivity contribution in [3.05, 3.63) is 0 Å². The van der Waals surface area contributed by atoms with Gasteiger partial charge >= 0.3 is 12.0 Å². The second-order valence-corrected chi connectivity index (χ2v) is 5.36. The van der Waals surface area contributed by atoms with Crippen molar-refractivity contribution in [2.75, 3.05) is 0 Å². The molecule has 3 N–H and O–H groups in total. The number of rotatable bonds is 5. The average molecular weight is 270 g/mol. The standard InChI is InChI=1S/C13H22N2O4/c1-8(2)11(12(17)15-13(14)18)19-10(16)7-9-5-3-4-6-9/h8-9,11H,3-7H2,1-2H3,(H3,14,15,17,18). The van der Waals surface area contributed by atoms with Gasteiger partial charge in [0.15, 0.2) is 6.10 Å². The lowest BCUT2D eigenvalue weighted by molar-refractivity contribution is -0.159. The summed E-state index contributed by atoms with van der Waals surface area (Å²) in [5.74, 6) is -0.904. The third-order valence-electron chi connectivity index (χ3n) is 3.30. The van der Waals surface area contributed by atoms with Crippen LogP contribution in [0.5, 0.6) is 0 Å². The Hall–Kier alpha value is -1.59. The van der Waals surface area contributed by atoms with Crippen molar-refractivity contribution in [3.63, 3.8) is 0 Å². The number of hydrogen-bond acceptors (Lipinski definition) is 4. The first-order valence-corrected chi connectivity index (χ1v) is 6.70. The first-order chi connectivity index (χ1) is 8.90. The second kappa shape index (κ2) is 7.11. The number of carbonyl (C=O) groups is 3. The Morgan fingerprint density at radius 1 is 1.26 bits per heavy atom.